The quantitative estimate of drug-likeness (QED) is 0.278. The van der Waals surface area contributed by atoms with Crippen LogP contribution >= 0.6 is 0 Å². The van der Waals surface area contributed by atoms with E-state index in [9.17, 15) is 19.0 Å². The van der Waals surface area contributed by atoms with Gasteiger partial charge in [0.1, 0.15) is 5.84 Å². The van der Waals surface area contributed by atoms with Gasteiger partial charge in [-0.1, -0.05) is 6.07 Å². The van der Waals surface area contributed by atoms with Gasteiger partial charge in [-0.25, -0.2) is 8.78 Å². The number of anilines is 1. The maximum atomic E-state index is 14.2. The van der Waals surface area contributed by atoms with Crippen LogP contribution < -0.4 is 20.9 Å². The van der Waals surface area contributed by atoms with Crippen molar-refractivity contribution in [1.82, 2.24) is 20.9 Å². The van der Waals surface area contributed by atoms with Crippen molar-refractivity contribution >= 4 is 23.6 Å². The van der Waals surface area contributed by atoms with Gasteiger partial charge in [0.25, 0.3) is 6.43 Å². The van der Waals surface area contributed by atoms with E-state index < -0.39 is 12.3 Å². The van der Waals surface area contributed by atoms with E-state index in [1.165, 1.54) is 19.2 Å². The number of fused-ring (bicyclic) bond motifs is 1. The molecule has 3 aliphatic rings. The number of halogens is 2. The summed E-state index contributed by atoms with van der Waals surface area (Å²) in [6.07, 6.45) is 1.69. The lowest BCUT2D eigenvalue weighted by Gasteiger charge is -2.38. The van der Waals surface area contributed by atoms with Gasteiger partial charge in [0.05, 0.1) is 6.54 Å². The van der Waals surface area contributed by atoms with Crippen LogP contribution in [0.1, 0.15) is 55.2 Å². The van der Waals surface area contributed by atoms with E-state index in [0.29, 0.717) is 43.9 Å². The first kappa shape index (κ1) is 26.2. The number of nitrogens with zero attached hydrogens (tertiary/aromatic N) is 2. The van der Waals surface area contributed by atoms with E-state index in [0.717, 1.165) is 49.2 Å². The minimum atomic E-state index is -2.68. The topological polar surface area (TPSA) is 107 Å². The summed E-state index contributed by atoms with van der Waals surface area (Å²) < 4.78 is 28.4. The van der Waals surface area contributed by atoms with E-state index >= 15 is 0 Å². The van der Waals surface area contributed by atoms with Gasteiger partial charge in [0.15, 0.2) is 0 Å². The van der Waals surface area contributed by atoms with Gasteiger partial charge < -0.3 is 31.2 Å². The number of benzene rings is 1. The third-order valence-electron chi connectivity index (χ3n) is 7.45. The first-order valence-electron chi connectivity index (χ1n) is 12.7. The summed E-state index contributed by atoms with van der Waals surface area (Å²) in [5, 5.41) is 26.9. The summed E-state index contributed by atoms with van der Waals surface area (Å²) in [5.74, 6) is -0.213. The van der Waals surface area contributed by atoms with E-state index in [-0.39, 0.29) is 23.3 Å². The first-order chi connectivity index (χ1) is 17.3. The minimum Gasteiger partial charge on any atom is -0.384 e. The zero-order valence-electron chi connectivity index (χ0n) is 21.1. The van der Waals surface area contributed by atoms with Gasteiger partial charge >= 0.3 is 0 Å². The molecule has 10 heteroatoms. The van der Waals surface area contributed by atoms with Crippen LogP contribution in [0.25, 0.3) is 0 Å². The van der Waals surface area contributed by atoms with Crippen LogP contribution in [-0.2, 0) is 11.2 Å². The summed E-state index contributed by atoms with van der Waals surface area (Å²) in [6, 6.07) is 3.61. The molecule has 1 amide bonds. The largest absolute Gasteiger partial charge is 0.384 e. The predicted octanol–water partition coefficient (Wildman–Crippen LogP) is 2.76. The van der Waals surface area contributed by atoms with Gasteiger partial charge in [-0.15, -0.1) is 0 Å². The molecule has 3 aliphatic heterocycles. The van der Waals surface area contributed by atoms with E-state index in [4.69, 9.17) is 5.41 Å². The molecular formula is C26H37F2N7O. The lowest BCUT2D eigenvalue weighted by atomic mass is 9.88. The van der Waals surface area contributed by atoms with Crippen LogP contribution in [0.2, 0.25) is 0 Å². The van der Waals surface area contributed by atoms with Crippen LogP contribution in [0, 0.1) is 10.8 Å². The van der Waals surface area contributed by atoms with Crippen LogP contribution in [0.15, 0.2) is 23.4 Å². The normalized spacial score (nSPS) is 21.0. The highest BCUT2D eigenvalue weighted by Gasteiger charge is 2.32. The Morgan fingerprint density at radius 3 is 2.72 bits per heavy atom. The Labute approximate surface area is 211 Å². The Morgan fingerprint density at radius 2 is 2.08 bits per heavy atom. The molecule has 0 bridgehead atoms. The monoisotopic (exact) mass is 501 g/mol. The number of aryl methyl sites for hydroxylation is 1. The molecule has 1 fully saturated rings. The van der Waals surface area contributed by atoms with E-state index in [2.05, 4.69) is 16.0 Å². The van der Waals surface area contributed by atoms with Gasteiger partial charge in [-0.3, -0.25) is 10.2 Å². The molecule has 1 aromatic rings. The fraction of sp³-hybridized carbons (Fsp3) is 0.577. The van der Waals surface area contributed by atoms with Gasteiger partial charge in [0.2, 0.25) is 5.91 Å². The molecule has 0 aromatic heterocycles. The molecule has 0 saturated carbocycles. The molecule has 36 heavy (non-hydrogen) atoms. The molecule has 0 aliphatic carbocycles. The Morgan fingerprint density at radius 1 is 1.28 bits per heavy atom. The third kappa shape index (κ3) is 5.44. The second-order valence-corrected chi connectivity index (χ2v) is 9.83. The highest BCUT2D eigenvalue weighted by molar-refractivity contribution is 6.09. The van der Waals surface area contributed by atoms with Crippen molar-refractivity contribution in [2.75, 3.05) is 51.2 Å². The third-order valence-corrected chi connectivity index (χ3v) is 7.45. The maximum absolute atomic E-state index is 14.2. The Hall–Kier alpha value is -2.85. The highest BCUT2D eigenvalue weighted by atomic mass is 19.3. The molecule has 8 nitrogen and oxygen atoms in total. The van der Waals surface area contributed by atoms with Crippen molar-refractivity contribution in [3.63, 3.8) is 0 Å². The molecule has 2 atom stereocenters. The number of carbonyl (C=O) groups is 1. The average Bonchev–Trinajstić information content (AvgIpc) is 3.39. The molecular weight excluding hydrogens is 464 g/mol. The predicted molar refractivity (Wildman–Crippen MR) is 139 cm³/mol. The first-order valence-corrected chi connectivity index (χ1v) is 12.7. The standard InChI is InChI=1S/C26H37F2N7O/c1-16(36)34-9-6-23(33-19-5-7-32-14-19)22(15-34)26(30)35-8-3-4-17-10-20(18(12-29)13-31-2)21(25(27)28)11-24(17)35/h10-12,18-19,25,29-33H,3-9,13-15H2,1-2H3. The molecule has 0 radical (unpaired) electrons. The molecule has 196 valence electrons. The lowest BCUT2D eigenvalue weighted by Crippen LogP contribution is -2.46. The average molecular weight is 502 g/mol. The summed E-state index contributed by atoms with van der Waals surface area (Å²) in [7, 11) is 1.75. The Kier molecular flexibility index (Phi) is 8.35. The van der Waals surface area contributed by atoms with E-state index in [1.54, 1.807) is 11.9 Å². The van der Waals surface area contributed by atoms with Crippen molar-refractivity contribution in [3.05, 3.63) is 40.1 Å². The number of amides is 1. The Bertz CT molecular complexity index is 1040. The van der Waals surface area contributed by atoms with Crippen molar-refractivity contribution in [1.29, 1.82) is 10.8 Å². The minimum absolute atomic E-state index is 0.0345. The molecule has 1 aromatic carbocycles. The summed E-state index contributed by atoms with van der Waals surface area (Å²) in [5.41, 5.74) is 3.66. The van der Waals surface area contributed by atoms with Gasteiger partial charge in [-0.05, 0) is 50.0 Å². The van der Waals surface area contributed by atoms with Crippen molar-refractivity contribution in [2.24, 2.45) is 0 Å². The van der Waals surface area contributed by atoms with Crippen molar-refractivity contribution in [3.8, 4) is 0 Å². The second kappa shape index (κ2) is 11.5. The zero-order chi connectivity index (χ0) is 25.8. The number of rotatable bonds is 8. The Balaban J connectivity index is 1.72. The van der Waals surface area contributed by atoms with Gasteiger partial charge in [0, 0.05) is 80.2 Å². The van der Waals surface area contributed by atoms with Crippen LogP contribution in [0.5, 0.6) is 0 Å². The summed E-state index contributed by atoms with van der Waals surface area (Å²) in [6.45, 7) is 5.23. The SMILES string of the molecule is CNCC(C=N)c1cc2c(cc1C(F)F)N(C(=N)C1=C(NC3CCNC3)CCN(C(C)=O)C1)CCC2. The van der Waals surface area contributed by atoms with Crippen molar-refractivity contribution < 1.29 is 13.6 Å². The number of carbonyl (C=O) groups excluding carboxylic acids is 1. The highest BCUT2D eigenvalue weighted by Crippen LogP contribution is 2.38. The number of hydrogen-bond donors (Lipinski definition) is 5. The smallest absolute Gasteiger partial charge is 0.264 e. The van der Waals surface area contributed by atoms with Crippen LogP contribution in [0.4, 0.5) is 14.5 Å². The molecule has 3 heterocycles. The fourth-order valence-electron chi connectivity index (χ4n) is 5.48. The number of hydrogen-bond acceptors (Lipinski definition) is 6. The maximum Gasteiger partial charge on any atom is 0.264 e. The molecule has 1 saturated heterocycles. The molecule has 2 unspecified atom stereocenters. The van der Waals surface area contributed by atoms with Crippen LogP contribution in [-0.4, -0.2) is 75.2 Å². The number of likely N-dealkylation sites (N-methyl/N-ethyl adjacent to an activating group) is 1. The van der Waals surface area contributed by atoms with Gasteiger partial charge in [-0.2, -0.15) is 0 Å². The zero-order valence-corrected chi connectivity index (χ0v) is 21.1. The number of amidine groups is 1. The molecule has 0 spiro atoms. The molecule has 5 N–H and O–H groups in total. The summed E-state index contributed by atoms with van der Waals surface area (Å²) >= 11 is 0. The van der Waals surface area contributed by atoms with Crippen molar-refractivity contribution in [2.45, 2.75) is 51.0 Å². The number of nitrogens with one attached hydrogen (secondary N) is 5. The second-order valence-electron chi connectivity index (χ2n) is 9.83. The molecule has 4 rings (SSSR count). The lowest BCUT2D eigenvalue weighted by molar-refractivity contribution is -0.128. The fourth-order valence-corrected chi connectivity index (χ4v) is 5.48. The number of alkyl halides is 2. The van der Waals surface area contributed by atoms with E-state index in [1.807, 2.05) is 11.0 Å². The summed E-state index contributed by atoms with van der Waals surface area (Å²) in [4.78, 5) is 15.8. The van der Waals surface area contributed by atoms with Crippen LogP contribution in [0.3, 0.4) is 0 Å².